The minimum Gasteiger partial charge on any atom is -0.404 e. The number of ether oxygens (including phenoxy) is 1. The van der Waals surface area contributed by atoms with Crippen LogP contribution in [0.3, 0.4) is 0 Å². The normalized spacial score (nSPS) is 10.4. The first-order valence-electron chi connectivity index (χ1n) is 6.42. The second-order valence-electron chi connectivity index (χ2n) is 4.31. The van der Waals surface area contributed by atoms with E-state index in [9.17, 15) is 0 Å². The van der Waals surface area contributed by atoms with Crippen LogP contribution in [0.4, 0.5) is 5.82 Å². The van der Waals surface area contributed by atoms with Crippen LogP contribution in [0.2, 0.25) is 0 Å². The van der Waals surface area contributed by atoms with E-state index >= 15 is 0 Å². The highest BCUT2D eigenvalue weighted by Crippen LogP contribution is 2.23. The van der Waals surface area contributed by atoms with Crippen molar-refractivity contribution < 1.29 is 4.74 Å². The Balaban J connectivity index is 1.85. The van der Waals surface area contributed by atoms with Gasteiger partial charge < -0.3 is 10.1 Å². The lowest BCUT2D eigenvalue weighted by Gasteiger charge is -2.07. The first-order chi connectivity index (χ1) is 10.3. The average Bonchev–Trinajstić information content (AvgIpc) is 2.99. The van der Waals surface area contributed by atoms with E-state index in [0.717, 1.165) is 11.3 Å². The van der Waals surface area contributed by atoms with Gasteiger partial charge in [-0.05, 0) is 19.1 Å². The fraction of sp³-hybridized carbons (Fsp3) is 0.143. The lowest BCUT2D eigenvalue weighted by Crippen LogP contribution is -2.01. The summed E-state index contributed by atoms with van der Waals surface area (Å²) in [6, 6.07) is 9.93. The van der Waals surface area contributed by atoms with Crippen LogP contribution in [0.25, 0.3) is 5.69 Å². The maximum atomic E-state index is 5.62. The van der Waals surface area contributed by atoms with Gasteiger partial charge in [0, 0.05) is 7.05 Å². The summed E-state index contributed by atoms with van der Waals surface area (Å²) < 4.78 is 7.26. The molecule has 7 nitrogen and oxygen atoms in total. The van der Waals surface area contributed by atoms with Crippen molar-refractivity contribution in [3.05, 3.63) is 48.5 Å². The lowest BCUT2D eigenvalue weighted by atomic mass is 10.3. The lowest BCUT2D eigenvalue weighted by molar-refractivity contribution is 0.420. The Hall–Kier alpha value is -2.96. The summed E-state index contributed by atoms with van der Waals surface area (Å²) in [6.45, 7) is 1.87. The molecule has 0 saturated heterocycles. The Labute approximate surface area is 121 Å². The molecule has 3 aromatic rings. The third kappa shape index (κ3) is 2.66. The molecule has 1 N–H and O–H groups in total. The van der Waals surface area contributed by atoms with Gasteiger partial charge in [0.2, 0.25) is 5.88 Å². The molecule has 21 heavy (non-hydrogen) atoms. The van der Waals surface area contributed by atoms with Crippen molar-refractivity contribution in [3.8, 4) is 17.6 Å². The molecule has 0 saturated carbocycles. The van der Waals surface area contributed by atoms with Crippen LogP contribution in [-0.2, 0) is 0 Å². The molecule has 0 bridgehead atoms. The average molecular weight is 282 g/mol. The molecule has 106 valence electrons. The maximum Gasteiger partial charge on any atom is 0.342 e. The highest BCUT2D eigenvalue weighted by Gasteiger charge is 2.11. The molecule has 0 aliphatic carbocycles. The number of aromatic nitrogens is 5. The summed E-state index contributed by atoms with van der Waals surface area (Å²) in [5, 5.41) is 7.25. The summed E-state index contributed by atoms with van der Waals surface area (Å²) in [5.41, 5.74) is 1.71. The van der Waals surface area contributed by atoms with Crippen LogP contribution in [0.15, 0.2) is 43.0 Å². The predicted octanol–water partition coefficient (Wildman–Crippen LogP) is 2.20. The van der Waals surface area contributed by atoms with Gasteiger partial charge >= 0.3 is 6.01 Å². The monoisotopic (exact) mass is 282 g/mol. The SMILES string of the molecule is CNc1ncnc(Oc2ncn(-c3ccccc3)n2)c1C. The van der Waals surface area contributed by atoms with E-state index in [1.807, 2.05) is 37.3 Å². The van der Waals surface area contributed by atoms with E-state index in [2.05, 4.69) is 25.4 Å². The highest BCUT2D eigenvalue weighted by molar-refractivity contribution is 5.47. The molecular formula is C14H14N6O. The molecule has 1 aromatic carbocycles. The Bertz CT molecular complexity index is 740. The van der Waals surface area contributed by atoms with Gasteiger partial charge in [-0.15, -0.1) is 5.10 Å². The van der Waals surface area contributed by atoms with Crippen molar-refractivity contribution in [3.63, 3.8) is 0 Å². The van der Waals surface area contributed by atoms with Crippen molar-refractivity contribution >= 4 is 5.82 Å². The number of para-hydroxylation sites is 1. The Morgan fingerprint density at radius 3 is 2.67 bits per heavy atom. The van der Waals surface area contributed by atoms with Gasteiger partial charge in [0.1, 0.15) is 18.5 Å². The molecule has 0 fully saturated rings. The van der Waals surface area contributed by atoms with Crippen LogP contribution < -0.4 is 10.1 Å². The minimum atomic E-state index is 0.239. The van der Waals surface area contributed by atoms with E-state index in [0.29, 0.717) is 11.7 Å². The standard InChI is InChI=1S/C14H14N6O/c1-10-12(15-2)16-8-17-13(10)21-14-18-9-20(19-14)11-6-4-3-5-7-11/h3-9H,1-2H3,(H,15,16,17). The van der Waals surface area contributed by atoms with E-state index in [1.165, 1.54) is 6.33 Å². The number of nitrogens with one attached hydrogen (secondary N) is 1. The summed E-state index contributed by atoms with van der Waals surface area (Å²) >= 11 is 0. The summed E-state index contributed by atoms with van der Waals surface area (Å²) in [5.74, 6) is 1.14. The smallest absolute Gasteiger partial charge is 0.342 e. The van der Waals surface area contributed by atoms with Crippen molar-refractivity contribution in [2.24, 2.45) is 0 Å². The summed E-state index contributed by atoms with van der Waals surface area (Å²) in [7, 11) is 1.79. The molecule has 0 aliphatic heterocycles. The Kier molecular flexibility index (Phi) is 3.46. The number of benzene rings is 1. The highest BCUT2D eigenvalue weighted by atomic mass is 16.5. The molecule has 0 radical (unpaired) electrons. The first-order valence-corrected chi connectivity index (χ1v) is 6.42. The fourth-order valence-corrected chi connectivity index (χ4v) is 1.88. The van der Waals surface area contributed by atoms with Gasteiger partial charge in [0.25, 0.3) is 0 Å². The largest absolute Gasteiger partial charge is 0.404 e. The molecular weight excluding hydrogens is 268 g/mol. The molecule has 3 rings (SSSR count). The number of rotatable bonds is 4. The van der Waals surface area contributed by atoms with Crippen molar-refractivity contribution in [2.45, 2.75) is 6.92 Å². The predicted molar refractivity (Wildman–Crippen MR) is 77.7 cm³/mol. The van der Waals surface area contributed by atoms with E-state index < -0.39 is 0 Å². The minimum absolute atomic E-state index is 0.239. The zero-order valence-corrected chi connectivity index (χ0v) is 11.7. The number of nitrogens with zero attached hydrogens (tertiary/aromatic N) is 5. The van der Waals surface area contributed by atoms with Crippen LogP contribution in [0.5, 0.6) is 11.9 Å². The molecule has 0 aliphatic rings. The van der Waals surface area contributed by atoms with Gasteiger partial charge in [-0.1, -0.05) is 18.2 Å². The molecule has 2 heterocycles. The number of hydrogen-bond acceptors (Lipinski definition) is 6. The fourth-order valence-electron chi connectivity index (χ4n) is 1.88. The maximum absolute atomic E-state index is 5.62. The van der Waals surface area contributed by atoms with Crippen molar-refractivity contribution in [2.75, 3.05) is 12.4 Å². The van der Waals surface area contributed by atoms with Crippen LogP contribution in [-0.4, -0.2) is 31.8 Å². The quantitative estimate of drug-likeness (QED) is 0.790. The van der Waals surface area contributed by atoms with Crippen LogP contribution >= 0.6 is 0 Å². The molecule has 2 aromatic heterocycles. The van der Waals surface area contributed by atoms with Crippen LogP contribution in [0, 0.1) is 6.92 Å². The summed E-state index contributed by atoms with van der Waals surface area (Å²) in [6.07, 6.45) is 3.03. The number of hydrogen-bond donors (Lipinski definition) is 1. The molecule has 0 unspecified atom stereocenters. The molecule has 0 atom stereocenters. The second-order valence-corrected chi connectivity index (χ2v) is 4.31. The first kappa shape index (κ1) is 13.0. The van der Waals surface area contributed by atoms with Gasteiger partial charge in [-0.3, -0.25) is 0 Å². The molecule has 7 heteroatoms. The van der Waals surface area contributed by atoms with Gasteiger partial charge in [-0.25, -0.2) is 14.6 Å². The molecule has 0 spiro atoms. The summed E-state index contributed by atoms with van der Waals surface area (Å²) in [4.78, 5) is 12.3. The van der Waals surface area contributed by atoms with Crippen LogP contribution in [0.1, 0.15) is 5.56 Å². The topological polar surface area (TPSA) is 77.8 Å². The zero-order chi connectivity index (χ0) is 14.7. The van der Waals surface area contributed by atoms with Crippen molar-refractivity contribution in [1.82, 2.24) is 24.7 Å². The van der Waals surface area contributed by atoms with E-state index in [1.54, 1.807) is 18.1 Å². The van der Waals surface area contributed by atoms with Gasteiger partial charge in [-0.2, -0.15) is 4.98 Å². The second kappa shape index (κ2) is 5.58. The zero-order valence-electron chi connectivity index (χ0n) is 11.7. The Morgan fingerprint density at radius 2 is 1.90 bits per heavy atom. The third-order valence-corrected chi connectivity index (χ3v) is 2.95. The molecule has 0 amide bonds. The van der Waals surface area contributed by atoms with Crippen molar-refractivity contribution in [1.29, 1.82) is 0 Å². The van der Waals surface area contributed by atoms with Gasteiger partial charge in [0.15, 0.2) is 0 Å². The third-order valence-electron chi connectivity index (χ3n) is 2.95. The Morgan fingerprint density at radius 1 is 1.10 bits per heavy atom. The number of anilines is 1. The van der Waals surface area contributed by atoms with Gasteiger partial charge in [0.05, 0.1) is 11.3 Å². The van der Waals surface area contributed by atoms with E-state index in [4.69, 9.17) is 4.74 Å². The van der Waals surface area contributed by atoms with E-state index in [-0.39, 0.29) is 6.01 Å².